The van der Waals surface area contributed by atoms with Gasteiger partial charge in [-0.2, -0.15) is 0 Å². The van der Waals surface area contributed by atoms with Crippen LogP contribution in [-0.2, 0) is 0 Å². The number of para-hydroxylation sites is 1. The van der Waals surface area contributed by atoms with Crippen molar-refractivity contribution in [2.75, 3.05) is 5.32 Å². The fourth-order valence-electron chi connectivity index (χ4n) is 3.28. The Morgan fingerprint density at radius 1 is 1.00 bits per heavy atom. The largest absolute Gasteiger partial charge is 0.507 e. The first-order valence-electron chi connectivity index (χ1n) is 9.58. The number of phenolic OH excluding ortho intramolecular Hbond substituents is 1. The molecule has 0 unspecified atom stereocenters. The number of thiocarbonyl (C=S) groups is 1. The van der Waals surface area contributed by atoms with Gasteiger partial charge in [-0.1, -0.05) is 41.4 Å². The van der Waals surface area contributed by atoms with Gasteiger partial charge in [-0.15, -0.1) is 22.7 Å². The van der Waals surface area contributed by atoms with Gasteiger partial charge in [-0.05, 0) is 48.6 Å². The first-order valence-corrected chi connectivity index (χ1v) is 12.4. The Labute approximate surface area is 211 Å². The van der Waals surface area contributed by atoms with Gasteiger partial charge >= 0.3 is 0 Å². The average molecular weight is 530 g/mol. The lowest BCUT2D eigenvalue weighted by molar-refractivity contribution is 0.0982. The van der Waals surface area contributed by atoms with Gasteiger partial charge < -0.3 is 10.4 Å². The van der Waals surface area contributed by atoms with E-state index in [1.165, 1.54) is 28.7 Å². The number of amides is 1. The first-order chi connectivity index (χ1) is 15.9. The quantitative estimate of drug-likeness (QED) is 0.213. The fourth-order valence-corrected chi connectivity index (χ4v) is 6.18. The highest BCUT2D eigenvalue weighted by molar-refractivity contribution is 7.80. The molecule has 3 N–H and O–H groups in total. The van der Waals surface area contributed by atoms with E-state index in [0.29, 0.717) is 26.2 Å². The lowest BCUT2D eigenvalue weighted by atomic mass is 10.2. The summed E-state index contributed by atoms with van der Waals surface area (Å²) in [5.41, 5.74) is 2.02. The highest BCUT2D eigenvalue weighted by Gasteiger charge is 2.19. The predicted molar refractivity (Wildman–Crippen MR) is 142 cm³/mol. The molecular weight excluding hydrogens is 517 g/mol. The number of nitrogens with zero attached hydrogens (tertiary/aromatic N) is 1. The van der Waals surface area contributed by atoms with Crippen molar-refractivity contribution >= 4 is 95.1 Å². The molecule has 0 aliphatic carbocycles. The number of aromatic hydroxyl groups is 1. The molecule has 2 aromatic heterocycles. The molecule has 5 aromatic rings. The number of hydrogen-bond acceptors (Lipinski definition) is 6. The summed E-state index contributed by atoms with van der Waals surface area (Å²) in [5, 5.41) is 18.6. The molecule has 0 aliphatic heterocycles. The van der Waals surface area contributed by atoms with Crippen molar-refractivity contribution in [2.24, 2.45) is 0 Å². The number of nitrogens with one attached hydrogen (secondary N) is 2. The molecule has 10 heteroatoms. The maximum Gasteiger partial charge on any atom is 0.269 e. The van der Waals surface area contributed by atoms with Crippen LogP contribution in [-0.4, -0.2) is 21.1 Å². The van der Waals surface area contributed by atoms with Crippen LogP contribution in [0.5, 0.6) is 5.75 Å². The van der Waals surface area contributed by atoms with E-state index in [-0.39, 0.29) is 10.9 Å². The van der Waals surface area contributed by atoms with Gasteiger partial charge in [0, 0.05) is 26.9 Å². The number of halogens is 2. The molecule has 164 valence electrons. The lowest BCUT2D eigenvalue weighted by Gasteiger charge is -2.10. The van der Waals surface area contributed by atoms with Crippen LogP contribution in [0, 0.1) is 0 Å². The molecule has 0 spiro atoms. The van der Waals surface area contributed by atoms with E-state index in [4.69, 9.17) is 35.4 Å². The molecular formula is C23H13Cl2N3O2S3. The summed E-state index contributed by atoms with van der Waals surface area (Å²) in [6.45, 7) is 0. The molecule has 0 fully saturated rings. The van der Waals surface area contributed by atoms with Crippen molar-refractivity contribution < 1.29 is 9.90 Å². The van der Waals surface area contributed by atoms with E-state index in [2.05, 4.69) is 15.6 Å². The van der Waals surface area contributed by atoms with E-state index in [1.807, 2.05) is 24.3 Å². The molecule has 0 aliphatic rings. The maximum absolute atomic E-state index is 12.7. The molecule has 1 amide bonds. The van der Waals surface area contributed by atoms with E-state index < -0.39 is 5.91 Å². The van der Waals surface area contributed by atoms with Crippen LogP contribution in [0.1, 0.15) is 9.67 Å². The minimum atomic E-state index is -0.426. The van der Waals surface area contributed by atoms with Gasteiger partial charge in [-0.3, -0.25) is 10.1 Å². The minimum Gasteiger partial charge on any atom is -0.507 e. The Kier molecular flexibility index (Phi) is 5.94. The zero-order chi connectivity index (χ0) is 23.1. The Bertz CT molecular complexity index is 1530. The number of thiophene rings is 1. The van der Waals surface area contributed by atoms with Gasteiger partial charge in [0.05, 0.1) is 20.8 Å². The number of hydrogen-bond donors (Lipinski definition) is 3. The number of thiazole rings is 1. The number of fused-ring (bicyclic) bond motifs is 2. The zero-order valence-corrected chi connectivity index (χ0v) is 20.5. The molecule has 5 nitrogen and oxygen atoms in total. The van der Waals surface area contributed by atoms with Crippen molar-refractivity contribution in [1.82, 2.24) is 10.3 Å². The first kappa shape index (κ1) is 22.1. The Morgan fingerprint density at radius 3 is 2.61 bits per heavy atom. The normalized spacial score (nSPS) is 11.1. The van der Waals surface area contributed by atoms with Crippen LogP contribution in [0.3, 0.4) is 0 Å². The second kappa shape index (κ2) is 8.89. The number of rotatable bonds is 3. The molecule has 5 rings (SSSR count). The zero-order valence-electron chi connectivity index (χ0n) is 16.6. The van der Waals surface area contributed by atoms with Crippen molar-refractivity contribution in [1.29, 1.82) is 0 Å². The Balaban J connectivity index is 1.31. The molecule has 2 heterocycles. The fraction of sp³-hybridized carbons (Fsp3) is 0. The van der Waals surface area contributed by atoms with Crippen LogP contribution < -0.4 is 10.6 Å². The summed E-state index contributed by atoms with van der Waals surface area (Å²) in [6.07, 6.45) is 0. The highest BCUT2D eigenvalue weighted by Crippen LogP contribution is 2.38. The van der Waals surface area contributed by atoms with Crippen LogP contribution in [0.25, 0.3) is 30.9 Å². The lowest BCUT2D eigenvalue weighted by Crippen LogP contribution is -2.33. The summed E-state index contributed by atoms with van der Waals surface area (Å²) < 4.78 is 1.85. The van der Waals surface area contributed by atoms with Crippen LogP contribution in [0.4, 0.5) is 5.69 Å². The Morgan fingerprint density at radius 2 is 1.82 bits per heavy atom. The van der Waals surface area contributed by atoms with Gasteiger partial charge in [-0.25, -0.2) is 4.98 Å². The highest BCUT2D eigenvalue weighted by atomic mass is 35.5. The standard InChI is InChI=1S/C23H13Cl2N3O2S3/c24-11-5-7-14-18(9-11)32-20(19(14)25)21(30)28-23(31)26-12-6-8-13(16(29)10-12)22-27-15-3-1-2-4-17(15)33-22/h1-10,29H,(H2,26,28,30,31). The molecule has 0 bridgehead atoms. The van der Waals surface area contributed by atoms with E-state index in [1.54, 1.807) is 30.3 Å². The average Bonchev–Trinajstić information content (AvgIpc) is 3.34. The third-order valence-electron chi connectivity index (χ3n) is 4.80. The summed E-state index contributed by atoms with van der Waals surface area (Å²) in [5.74, 6) is -0.372. The summed E-state index contributed by atoms with van der Waals surface area (Å²) in [6, 6.07) is 18.1. The van der Waals surface area contributed by atoms with Crippen LogP contribution >= 0.6 is 58.1 Å². The van der Waals surface area contributed by atoms with Crippen molar-refractivity contribution in [2.45, 2.75) is 0 Å². The predicted octanol–water partition coefficient (Wildman–Crippen LogP) is 7.32. The van der Waals surface area contributed by atoms with Crippen molar-refractivity contribution in [3.63, 3.8) is 0 Å². The van der Waals surface area contributed by atoms with Gasteiger partial charge in [0.15, 0.2) is 5.11 Å². The number of benzene rings is 3. The molecule has 33 heavy (non-hydrogen) atoms. The van der Waals surface area contributed by atoms with Crippen molar-refractivity contribution in [3.05, 3.63) is 75.6 Å². The third-order valence-corrected chi connectivity index (χ3v) is 7.97. The topological polar surface area (TPSA) is 74.2 Å². The number of anilines is 1. The molecule has 0 saturated heterocycles. The molecule has 0 radical (unpaired) electrons. The smallest absolute Gasteiger partial charge is 0.269 e. The minimum absolute atomic E-state index is 0.0533. The van der Waals surface area contributed by atoms with Crippen LogP contribution in [0.2, 0.25) is 10.0 Å². The monoisotopic (exact) mass is 529 g/mol. The molecule has 0 saturated carbocycles. The summed E-state index contributed by atoms with van der Waals surface area (Å²) >= 11 is 20.4. The Hall–Kier alpha value is -2.75. The van der Waals surface area contributed by atoms with Crippen LogP contribution in [0.15, 0.2) is 60.7 Å². The second-order valence-corrected chi connectivity index (χ2v) is 10.3. The summed E-state index contributed by atoms with van der Waals surface area (Å²) in [7, 11) is 0. The number of carbonyl (C=O) groups is 1. The molecule has 0 atom stereocenters. The van der Waals surface area contributed by atoms with Gasteiger partial charge in [0.25, 0.3) is 5.91 Å². The van der Waals surface area contributed by atoms with E-state index >= 15 is 0 Å². The SMILES string of the molecule is O=C(NC(=S)Nc1ccc(-c2nc3ccccc3s2)c(O)c1)c1sc2cc(Cl)ccc2c1Cl. The number of carbonyl (C=O) groups excluding carboxylic acids is 1. The van der Waals surface area contributed by atoms with Gasteiger partial charge in [0.1, 0.15) is 15.6 Å². The maximum atomic E-state index is 12.7. The van der Waals surface area contributed by atoms with Gasteiger partial charge in [0.2, 0.25) is 0 Å². The van der Waals surface area contributed by atoms with Crippen molar-refractivity contribution in [3.8, 4) is 16.3 Å². The number of aromatic nitrogens is 1. The molecule has 3 aromatic carbocycles. The third kappa shape index (κ3) is 4.40. The number of phenols is 1. The summed E-state index contributed by atoms with van der Waals surface area (Å²) in [4.78, 5) is 17.6. The van der Waals surface area contributed by atoms with E-state index in [0.717, 1.165) is 25.3 Å². The van der Waals surface area contributed by atoms with E-state index in [9.17, 15) is 9.90 Å². The second-order valence-electron chi connectivity index (χ2n) is 7.01.